The van der Waals surface area contributed by atoms with Gasteiger partial charge in [-0.2, -0.15) is 39.5 Å². The van der Waals surface area contributed by atoms with Crippen LogP contribution in [0, 0.1) is 12.8 Å². The topological polar surface area (TPSA) is 187 Å². The van der Waals surface area contributed by atoms with Crippen LogP contribution in [0.1, 0.15) is 36.1 Å². The molecule has 24 heteroatoms. The number of carbonyl (C=O) groups excluding carboxylic acids is 2. The average Bonchev–Trinajstić information content (AvgIpc) is 3.17. The van der Waals surface area contributed by atoms with Gasteiger partial charge in [-0.1, -0.05) is 36.4 Å². The minimum absolute atomic E-state index is 0. The standard InChI is InChI=1S/C15H15F3N2O2.C15H13F3O2.C6H4O.C2HF3O.CHClO.CF3.HI.Mg/c1-14(15(16,17)18,8-2-4-12(21)10(19)6-8)9-3-5-13(22)11(20)7-9;1-14(15(16,17)18,10-2-6-12(19)7-3-10)11-4-8-13(20)9-5-11;7-6-4-2-1-3-5-6;3-2(4,5)1-6;2-1-3;2-1(3)4;;/h2-7,21-22H,19-20H2,1H3;2-9,19-20H,1H3;2-5H;1H;1H;;1H;/q;;;;;-1;;+2. The summed E-state index contributed by atoms with van der Waals surface area (Å²) in [5.74, 6) is -0.260. The number of nitrogen functional groups attached to an aromatic ring is 2. The van der Waals surface area contributed by atoms with Crippen molar-refractivity contribution in [3.8, 4) is 23.0 Å². The number of aliphatic hydroxyl groups excluding tert-OH is 1. The number of phenolic OH excluding ortho intramolecular Hbond substituents is 4. The molecule has 1 aliphatic carbocycles. The van der Waals surface area contributed by atoms with Gasteiger partial charge in [-0.05, 0) is 96.2 Å². The fraction of sp³-hybridized carbons (Fsp3) is 0.175. The van der Waals surface area contributed by atoms with Crippen molar-refractivity contribution in [3.05, 3.63) is 150 Å². The van der Waals surface area contributed by atoms with Gasteiger partial charge in [-0.3, -0.25) is 9.59 Å². The molecule has 0 saturated carbocycles. The van der Waals surface area contributed by atoms with E-state index in [2.05, 4.69) is 17.7 Å². The fourth-order valence-corrected chi connectivity index (χ4v) is 4.69. The van der Waals surface area contributed by atoms with Gasteiger partial charge in [0.15, 0.2) is 6.68 Å². The number of aromatic hydroxyl groups is 4. The van der Waals surface area contributed by atoms with Crippen molar-refractivity contribution < 1.29 is 112 Å². The number of hydrogen-bond acceptors (Lipinski definition) is 9. The Hall–Kier alpha value is -5.10. The molecule has 0 aliphatic heterocycles. The summed E-state index contributed by atoms with van der Waals surface area (Å²) in [4.78, 5) is 17.3. The molecule has 0 saturated heterocycles. The molecular formula is C40H35ClF12IMgN2O7+. The number of anilines is 2. The van der Waals surface area contributed by atoms with Crippen LogP contribution in [0.2, 0.25) is 0 Å². The summed E-state index contributed by atoms with van der Waals surface area (Å²) in [5.41, 5.74) is 5.88. The number of alkyl halides is 9. The molecule has 5 rings (SSSR count). The van der Waals surface area contributed by atoms with Gasteiger partial charge in [0.05, 0.1) is 23.5 Å². The Morgan fingerprint density at radius 2 is 0.891 bits per heavy atom. The van der Waals surface area contributed by atoms with Crippen LogP contribution in [-0.2, 0) is 20.4 Å². The molecule has 0 amide bonds. The maximum atomic E-state index is 13.7. The smallest absolute Gasteiger partial charge is 1.00 e. The van der Waals surface area contributed by atoms with Crippen LogP contribution >= 0.6 is 11.6 Å². The second kappa shape index (κ2) is 27.9. The number of halogens is 14. The van der Waals surface area contributed by atoms with E-state index in [4.69, 9.17) is 26.2 Å². The number of aliphatic hydroxyl groups is 1. The van der Waals surface area contributed by atoms with Gasteiger partial charge in [0, 0.05) is 6.08 Å². The zero-order valence-corrected chi connectivity index (χ0v) is 37.1. The Kier molecular flexibility index (Phi) is 27.6. The van der Waals surface area contributed by atoms with E-state index in [-0.39, 0.29) is 109 Å². The van der Waals surface area contributed by atoms with Crippen LogP contribution in [0.25, 0.3) is 0 Å². The third kappa shape index (κ3) is 20.2. The number of nitrogens with two attached hydrogens (primary N) is 2. The van der Waals surface area contributed by atoms with E-state index in [1.807, 2.05) is 0 Å². The molecule has 0 atom stereocenters. The van der Waals surface area contributed by atoms with Crippen LogP contribution in [0.15, 0.2) is 115 Å². The van der Waals surface area contributed by atoms with Crippen LogP contribution < -0.4 is 35.4 Å². The maximum Gasteiger partial charge on any atom is 2.00 e. The molecule has 4 aromatic carbocycles. The van der Waals surface area contributed by atoms with Gasteiger partial charge < -0.3 is 74.1 Å². The minimum atomic E-state index is -4.64. The first-order valence-corrected chi connectivity index (χ1v) is 16.8. The molecule has 64 heavy (non-hydrogen) atoms. The van der Waals surface area contributed by atoms with E-state index in [9.17, 15) is 73.1 Å². The summed E-state index contributed by atoms with van der Waals surface area (Å²) in [6.07, 6.45) is -5.59. The second-order valence-corrected chi connectivity index (χ2v) is 12.3. The van der Waals surface area contributed by atoms with Gasteiger partial charge in [0.1, 0.15) is 46.0 Å². The third-order valence-electron chi connectivity index (χ3n) is 8.07. The van der Waals surface area contributed by atoms with E-state index < -0.39 is 42.3 Å². The Labute approximate surface area is 395 Å². The molecule has 0 bridgehead atoms. The average molecular weight is 1070 g/mol. The Morgan fingerprint density at radius 3 is 1.09 bits per heavy atom. The van der Waals surface area contributed by atoms with Crippen molar-refractivity contribution >= 4 is 58.1 Å². The summed E-state index contributed by atoms with van der Waals surface area (Å²) >= 11 is 4.32. The predicted octanol–water partition coefficient (Wildman–Crippen LogP) is 7.58. The molecular weight excluding hydrogens is 1040 g/mol. The zero-order chi connectivity index (χ0) is 48.3. The first-order valence-electron chi connectivity index (χ1n) is 16.4. The first kappa shape index (κ1) is 63.2. The molecule has 0 heterocycles. The normalized spacial score (nSPS) is 11.7. The summed E-state index contributed by atoms with van der Waals surface area (Å²) in [5, 5.41) is 45.9. The van der Waals surface area contributed by atoms with E-state index in [0.717, 1.165) is 50.2 Å². The number of phenols is 4. The van der Waals surface area contributed by atoms with Crippen molar-refractivity contribution in [2.75, 3.05) is 11.5 Å². The van der Waals surface area contributed by atoms with Gasteiger partial charge in [-0.25, -0.2) is 0 Å². The van der Waals surface area contributed by atoms with E-state index >= 15 is 0 Å². The Balaban J connectivity index is -0.000000803. The molecule has 346 valence electrons. The van der Waals surface area contributed by atoms with Crippen LogP contribution in [-0.4, -0.2) is 79.1 Å². The SMILES string of the molecule is CC(c1ccc(O)c(N)c1)(c1ccc(O)c(N)c1)C(F)(F)F.CC(c1ccc(O)cc1)(c1ccc(O)cc1)C(F)(F)F.F[C-](F)F.O=CC(F)(F)F.O=CCl.OC1=CC=[C+]C=C1.[I-].[Mg+2]. The van der Waals surface area contributed by atoms with Crippen LogP contribution in [0.5, 0.6) is 23.0 Å². The first-order chi connectivity index (χ1) is 28.4. The van der Waals surface area contributed by atoms with E-state index in [1.165, 1.54) is 48.5 Å². The van der Waals surface area contributed by atoms with Crippen LogP contribution in [0.4, 0.5) is 64.1 Å². The number of benzene rings is 4. The van der Waals surface area contributed by atoms with Crippen molar-refractivity contribution in [2.45, 2.75) is 43.2 Å². The molecule has 0 aromatic heterocycles. The van der Waals surface area contributed by atoms with Gasteiger partial charge in [0.25, 0.3) is 0 Å². The molecule has 9 N–H and O–H groups in total. The Morgan fingerprint density at radius 1 is 0.609 bits per heavy atom. The molecule has 0 fully saturated rings. The molecule has 0 spiro atoms. The number of hydrogen-bond donors (Lipinski definition) is 7. The molecule has 1 aliphatic rings. The van der Waals surface area contributed by atoms with Crippen LogP contribution in [0.3, 0.4) is 0 Å². The minimum Gasteiger partial charge on any atom is -1.00 e. The number of rotatable bonds is 4. The summed E-state index contributed by atoms with van der Waals surface area (Å²) in [6, 6.07) is 16.6. The van der Waals surface area contributed by atoms with E-state index in [0.29, 0.717) is 5.76 Å². The van der Waals surface area contributed by atoms with Crippen molar-refractivity contribution in [3.63, 3.8) is 0 Å². The molecule has 9 nitrogen and oxygen atoms in total. The Bertz CT molecular complexity index is 2020. The van der Waals surface area contributed by atoms with Crippen molar-refractivity contribution in [1.29, 1.82) is 0 Å². The van der Waals surface area contributed by atoms with Crippen molar-refractivity contribution in [1.82, 2.24) is 0 Å². The number of aldehydes is 1. The summed E-state index contributed by atoms with van der Waals surface area (Å²) in [6.45, 7) is -1.02. The molecule has 0 unspecified atom stereocenters. The van der Waals surface area contributed by atoms with Gasteiger partial charge >= 0.3 is 41.6 Å². The second-order valence-electron chi connectivity index (χ2n) is 12.1. The number of allylic oxidation sites excluding steroid dienone is 5. The fourth-order valence-electron chi connectivity index (χ4n) is 4.69. The zero-order valence-electron chi connectivity index (χ0n) is 32.8. The van der Waals surface area contributed by atoms with E-state index in [1.54, 1.807) is 24.3 Å². The predicted molar refractivity (Wildman–Crippen MR) is 211 cm³/mol. The maximum absolute atomic E-state index is 13.7. The summed E-state index contributed by atoms with van der Waals surface area (Å²) < 4.78 is 142. The largest absolute Gasteiger partial charge is 2.00 e. The number of carbonyl (C=O) groups is 2. The molecule has 4 aromatic rings. The van der Waals surface area contributed by atoms with Gasteiger partial charge in [0.2, 0.25) is 17.8 Å². The van der Waals surface area contributed by atoms with Gasteiger partial charge in [-0.15, -0.1) is 0 Å². The molecule has 0 radical (unpaired) electrons. The third-order valence-corrected chi connectivity index (χ3v) is 8.07. The summed E-state index contributed by atoms with van der Waals surface area (Å²) in [7, 11) is 0. The van der Waals surface area contributed by atoms with Crippen molar-refractivity contribution in [2.24, 2.45) is 0 Å². The quantitative estimate of drug-likeness (QED) is 0.0158. The monoisotopic (exact) mass is 1070 g/mol.